The normalized spacial score (nSPS) is 11.4. The van der Waals surface area contributed by atoms with E-state index >= 15 is 0 Å². The molecule has 272 valence electrons. The second-order valence-corrected chi connectivity index (χ2v) is 15.0. The molecule has 1 heterocycles. The highest BCUT2D eigenvalue weighted by Gasteiger charge is 2.18. The number of aromatic nitrogens is 1. The maximum Gasteiger partial charge on any atom is 0.0547 e. The molecule has 0 fully saturated rings. The van der Waals surface area contributed by atoms with Gasteiger partial charge in [0, 0.05) is 33.2 Å². The molecule has 0 saturated heterocycles. The van der Waals surface area contributed by atoms with Gasteiger partial charge in [-0.1, -0.05) is 170 Å². The van der Waals surface area contributed by atoms with E-state index in [4.69, 9.17) is 0 Å². The van der Waals surface area contributed by atoms with Crippen LogP contribution in [0.1, 0.15) is 0 Å². The van der Waals surface area contributed by atoms with Crippen molar-refractivity contribution in [2.24, 2.45) is 0 Å². The first kappa shape index (κ1) is 33.6. The standard InChI is InChI=1S/C56H38N2/c1-2-13-39(14-3-1)43-19-10-20-44(35-43)41-27-31-48(32-28-41)58-55-25-9-8-24-52(55)53-34-30-47(38-56(53)58)46-21-11-22-49(37-46)57(50-33-29-40-15-4-5-17-45(40)36-50)54-26-12-18-42-16-6-7-23-51(42)54/h1-38H. The summed E-state index contributed by atoms with van der Waals surface area (Å²) in [6, 6.07) is 83.7. The van der Waals surface area contributed by atoms with Crippen LogP contribution in [-0.4, -0.2) is 4.57 Å². The van der Waals surface area contributed by atoms with Gasteiger partial charge in [0.1, 0.15) is 0 Å². The number of rotatable bonds is 7. The summed E-state index contributed by atoms with van der Waals surface area (Å²) in [5, 5.41) is 7.36. The van der Waals surface area contributed by atoms with Gasteiger partial charge >= 0.3 is 0 Å². The Morgan fingerprint density at radius 3 is 1.66 bits per heavy atom. The van der Waals surface area contributed by atoms with Crippen LogP contribution in [0.15, 0.2) is 231 Å². The minimum Gasteiger partial charge on any atom is -0.310 e. The number of anilines is 3. The molecule has 0 radical (unpaired) electrons. The number of para-hydroxylation sites is 1. The van der Waals surface area contributed by atoms with E-state index in [1.54, 1.807) is 0 Å². The highest BCUT2D eigenvalue weighted by molar-refractivity contribution is 6.10. The molecule has 0 aliphatic heterocycles. The van der Waals surface area contributed by atoms with E-state index in [0.29, 0.717) is 0 Å². The molecule has 0 atom stereocenters. The van der Waals surface area contributed by atoms with E-state index in [9.17, 15) is 0 Å². The minimum absolute atomic E-state index is 1.11. The molecular formula is C56H38N2. The summed E-state index contributed by atoms with van der Waals surface area (Å²) in [6.07, 6.45) is 0. The van der Waals surface area contributed by atoms with Crippen molar-refractivity contribution < 1.29 is 0 Å². The van der Waals surface area contributed by atoms with Gasteiger partial charge in [-0.25, -0.2) is 0 Å². The van der Waals surface area contributed by atoms with Crippen LogP contribution in [0.3, 0.4) is 0 Å². The van der Waals surface area contributed by atoms with Crippen LogP contribution in [0.2, 0.25) is 0 Å². The Bertz CT molecular complexity index is 3280. The van der Waals surface area contributed by atoms with Crippen LogP contribution in [0, 0.1) is 0 Å². The zero-order valence-corrected chi connectivity index (χ0v) is 31.8. The Morgan fingerprint density at radius 1 is 0.276 bits per heavy atom. The van der Waals surface area contributed by atoms with E-state index < -0.39 is 0 Å². The van der Waals surface area contributed by atoms with Crippen LogP contribution in [-0.2, 0) is 0 Å². The van der Waals surface area contributed by atoms with E-state index in [-0.39, 0.29) is 0 Å². The summed E-state index contributed by atoms with van der Waals surface area (Å²) in [6.45, 7) is 0. The first-order valence-electron chi connectivity index (χ1n) is 19.9. The third kappa shape index (κ3) is 5.91. The van der Waals surface area contributed by atoms with Gasteiger partial charge in [-0.05, 0) is 110 Å². The van der Waals surface area contributed by atoms with Crippen molar-refractivity contribution in [3.05, 3.63) is 231 Å². The van der Waals surface area contributed by atoms with Crippen molar-refractivity contribution in [2.45, 2.75) is 0 Å². The molecular weight excluding hydrogens is 701 g/mol. The molecule has 10 aromatic carbocycles. The molecule has 0 aliphatic rings. The number of hydrogen-bond donors (Lipinski definition) is 0. The lowest BCUT2D eigenvalue weighted by Gasteiger charge is -2.27. The topological polar surface area (TPSA) is 8.17 Å². The fourth-order valence-electron chi connectivity index (χ4n) is 8.71. The highest BCUT2D eigenvalue weighted by atomic mass is 15.1. The van der Waals surface area contributed by atoms with E-state index in [0.717, 1.165) is 28.3 Å². The summed E-state index contributed by atoms with van der Waals surface area (Å²) in [4.78, 5) is 2.41. The summed E-state index contributed by atoms with van der Waals surface area (Å²) in [5.74, 6) is 0. The molecule has 0 unspecified atom stereocenters. The van der Waals surface area contributed by atoms with Crippen LogP contribution >= 0.6 is 0 Å². The first-order valence-corrected chi connectivity index (χ1v) is 19.9. The Labute approximate surface area is 338 Å². The van der Waals surface area contributed by atoms with Crippen molar-refractivity contribution in [2.75, 3.05) is 4.90 Å². The molecule has 0 spiro atoms. The zero-order valence-electron chi connectivity index (χ0n) is 31.8. The average Bonchev–Trinajstić information content (AvgIpc) is 3.63. The van der Waals surface area contributed by atoms with Crippen molar-refractivity contribution in [3.8, 4) is 39.1 Å². The molecule has 1 aromatic heterocycles. The van der Waals surface area contributed by atoms with Crippen molar-refractivity contribution in [1.82, 2.24) is 4.57 Å². The zero-order chi connectivity index (χ0) is 38.4. The molecule has 0 saturated carbocycles. The minimum atomic E-state index is 1.11. The maximum absolute atomic E-state index is 2.42. The Hall–Kier alpha value is -7.68. The Morgan fingerprint density at radius 2 is 0.828 bits per heavy atom. The third-order valence-corrected chi connectivity index (χ3v) is 11.5. The van der Waals surface area contributed by atoms with Gasteiger partial charge in [-0.15, -0.1) is 0 Å². The second-order valence-electron chi connectivity index (χ2n) is 15.0. The van der Waals surface area contributed by atoms with Gasteiger partial charge in [0.2, 0.25) is 0 Å². The largest absolute Gasteiger partial charge is 0.310 e. The quantitative estimate of drug-likeness (QED) is 0.158. The molecule has 0 aliphatic carbocycles. The van der Waals surface area contributed by atoms with Crippen LogP contribution < -0.4 is 4.90 Å². The van der Waals surface area contributed by atoms with Crippen LogP contribution in [0.4, 0.5) is 17.1 Å². The van der Waals surface area contributed by atoms with Crippen molar-refractivity contribution in [3.63, 3.8) is 0 Å². The van der Waals surface area contributed by atoms with Crippen molar-refractivity contribution >= 4 is 60.4 Å². The molecule has 11 aromatic rings. The van der Waals surface area contributed by atoms with Crippen LogP contribution in [0.5, 0.6) is 0 Å². The summed E-state index contributed by atoms with van der Waals surface area (Å²) < 4.78 is 2.42. The number of fused-ring (bicyclic) bond motifs is 5. The molecule has 0 amide bonds. The van der Waals surface area contributed by atoms with Gasteiger partial charge in [0.05, 0.1) is 16.7 Å². The molecule has 2 nitrogen and oxygen atoms in total. The first-order chi connectivity index (χ1) is 28.7. The van der Waals surface area contributed by atoms with Crippen LogP contribution in [0.25, 0.3) is 82.4 Å². The predicted octanol–water partition coefficient (Wildman–Crippen LogP) is 15.6. The van der Waals surface area contributed by atoms with E-state index in [1.807, 2.05) is 0 Å². The lowest BCUT2D eigenvalue weighted by molar-refractivity contribution is 1.18. The molecule has 0 N–H and O–H groups in total. The monoisotopic (exact) mass is 738 g/mol. The molecule has 11 rings (SSSR count). The fraction of sp³-hybridized carbons (Fsp3) is 0. The smallest absolute Gasteiger partial charge is 0.0547 e. The summed E-state index contributed by atoms with van der Waals surface area (Å²) >= 11 is 0. The van der Waals surface area contributed by atoms with Gasteiger partial charge in [0.25, 0.3) is 0 Å². The van der Waals surface area contributed by atoms with Crippen molar-refractivity contribution in [1.29, 1.82) is 0 Å². The highest BCUT2D eigenvalue weighted by Crippen LogP contribution is 2.42. The lowest BCUT2D eigenvalue weighted by Crippen LogP contribution is -2.10. The fourth-order valence-corrected chi connectivity index (χ4v) is 8.71. The second kappa shape index (κ2) is 14.1. The maximum atomic E-state index is 2.42. The van der Waals surface area contributed by atoms with Gasteiger partial charge in [0.15, 0.2) is 0 Å². The van der Waals surface area contributed by atoms with Gasteiger partial charge in [-0.3, -0.25) is 0 Å². The van der Waals surface area contributed by atoms with Gasteiger partial charge in [-0.2, -0.15) is 0 Å². The predicted molar refractivity (Wildman–Crippen MR) is 247 cm³/mol. The summed E-state index contributed by atoms with van der Waals surface area (Å²) in [5.41, 5.74) is 14.1. The van der Waals surface area contributed by atoms with E-state index in [2.05, 4.69) is 240 Å². The molecule has 2 heteroatoms. The number of nitrogens with zero attached hydrogens (tertiary/aromatic N) is 2. The number of benzene rings is 10. The van der Waals surface area contributed by atoms with Gasteiger partial charge < -0.3 is 9.47 Å². The average molecular weight is 739 g/mol. The third-order valence-electron chi connectivity index (χ3n) is 11.5. The lowest BCUT2D eigenvalue weighted by atomic mass is 9.99. The molecule has 58 heavy (non-hydrogen) atoms. The molecule has 0 bridgehead atoms. The summed E-state index contributed by atoms with van der Waals surface area (Å²) in [7, 11) is 0. The Kier molecular flexibility index (Phi) is 8.19. The SMILES string of the molecule is c1ccc(-c2cccc(-c3ccc(-n4c5ccccc5c5ccc(-c6cccc(N(c7ccc8ccccc8c7)c7cccc8ccccc78)c6)cc54)cc3)c2)cc1. The Balaban J connectivity index is 1.02. The number of hydrogen-bond acceptors (Lipinski definition) is 1. The van der Waals surface area contributed by atoms with E-state index in [1.165, 1.54) is 71.2 Å².